The van der Waals surface area contributed by atoms with E-state index in [-0.39, 0.29) is 22.5 Å². The molecule has 0 saturated carbocycles. The lowest BCUT2D eigenvalue weighted by atomic mass is 9.72. The van der Waals surface area contributed by atoms with Gasteiger partial charge in [-0.25, -0.2) is 8.42 Å². The standard InChI is InChI=1S/C19H25NO5S/c1-25-16-7-6-15(13-18(21)22)12-17(16)26(23,24)20-11-5-10-19(14-20)8-3-2-4-9-19/h2-3,6-7,12H,4-5,8-11,13-14H2,1H3,(H,21,22). The topological polar surface area (TPSA) is 83.9 Å². The van der Waals surface area contributed by atoms with Crippen LogP contribution in [-0.4, -0.2) is 44.0 Å². The molecule has 7 heteroatoms. The van der Waals surface area contributed by atoms with Gasteiger partial charge in [0.1, 0.15) is 10.6 Å². The van der Waals surface area contributed by atoms with Gasteiger partial charge < -0.3 is 9.84 Å². The van der Waals surface area contributed by atoms with Crippen molar-refractivity contribution in [2.75, 3.05) is 20.2 Å². The molecule has 0 radical (unpaired) electrons. The molecule has 1 unspecified atom stereocenters. The second-order valence-corrected chi connectivity index (χ2v) is 9.12. The Hall–Kier alpha value is -1.86. The van der Waals surface area contributed by atoms with Crippen molar-refractivity contribution in [2.45, 2.75) is 43.4 Å². The monoisotopic (exact) mass is 379 g/mol. The molecular weight excluding hydrogens is 354 g/mol. The van der Waals surface area contributed by atoms with Gasteiger partial charge in [-0.1, -0.05) is 18.2 Å². The van der Waals surface area contributed by atoms with Gasteiger partial charge in [-0.2, -0.15) is 4.31 Å². The number of nitrogens with zero attached hydrogens (tertiary/aromatic N) is 1. The number of ether oxygens (including phenoxy) is 1. The van der Waals surface area contributed by atoms with E-state index in [1.807, 2.05) is 0 Å². The van der Waals surface area contributed by atoms with E-state index < -0.39 is 16.0 Å². The van der Waals surface area contributed by atoms with E-state index in [4.69, 9.17) is 9.84 Å². The van der Waals surface area contributed by atoms with Crippen molar-refractivity contribution in [3.63, 3.8) is 0 Å². The smallest absolute Gasteiger partial charge is 0.307 e. The molecule has 1 saturated heterocycles. The predicted octanol–water partition coefficient (Wildman–Crippen LogP) is 2.83. The molecular formula is C19H25NO5S. The molecule has 1 spiro atoms. The molecule has 142 valence electrons. The van der Waals surface area contributed by atoms with E-state index in [1.54, 1.807) is 10.4 Å². The SMILES string of the molecule is COc1ccc(CC(=O)O)cc1S(=O)(=O)N1CCCC2(CC=CCC2)C1. The van der Waals surface area contributed by atoms with E-state index in [0.717, 1.165) is 32.1 Å². The van der Waals surface area contributed by atoms with Gasteiger partial charge in [-0.15, -0.1) is 0 Å². The number of methoxy groups -OCH3 is 1. The molecule has 1 aliphatic heterocycles. The Morgan fingerprint density at radius 1 is 1.31 bits per heavy atom. The summed E-state index contributed by atoms with van der Waals surface area (Å²) in [6.07, 6.45) is 8.89. The van der Waals surface area contributed by atoms with Gasteiger partial charge in [-0.05, 0) is 55.2 Å². The van der Waals surface area contributed by atoms with E-state index in [2.05, 4.69) is 12.2 Å². The Morgan fingerprint density at radius 2 is 2.12 bits per heavy atom. The van der Waals surface area contributed by atoms with Crippen LogP contribution in [0.1, 0.15) is 37.7 Å². The molecule has 26 heavy (non-hydrogen) atoms. The molecule has 1 fully saturated rings. The third-order valence-corrected chi connectivity index (χ3v) is 7.25. The molecule has 1 aliphatic carbocycles. The summed E-state index contributed by atoms with van der Waals surface area (Å²) >= 11 is 0. The fourth-order valence-electron chi connectivity index (χ4n) is 4.03. The van der Waals surface area contributed by atoms with Crippen LogP contribution < -0.4 is 4.74 Å². The van der Waals surface area contributed by atoms with Crippen LogP contribution in [0.2, 0.25) is 0 Å². The van der Waals surface area contributed by atoms with Crippen molar-refractivity contribution in [3.8, 4) is 5.75 Å². The number of allylic oxidation sites excluding steroid dienone is 2. The third kappa shape index (κ3) is 3.78. The quantitative estimate of drug-likeness (QED) is 0.796. The Bertz CT molecular complexity index is 817. The van der Waals surface area contributed by atoms with Crippen LogP contribution >= 0.6 is 0 Å². The number of hydrogen-bond donors (Lipinski definition) is 1. The Balaban J connectivity index is 1.93. The number of carboxylic acids is 1. The molecule has 0 aromatic heterocycles. The summed E-state index contributed by atoms with van der Waals surface area (Å²) in [6.45, 7) is 0.992. The van der Waals surface area contributed by atoms with Crippen molar-refractivity contribution in [3.05, 3.63) is 35.9 Å². The number of aliphatic carboxylic acids is 1. The lowest BCUT2D eigenvalue weighted by molar-refractivity contribution is -0.136. The minimum Gasteiger partial charge on any atom is -0.495 e. The Morgan fingerprint density at radius 3 is 2.77 bits per heavy atom. The van der Waals surface area contributed by atoms with Crippen LogP contribution in [0.5, 0.6) is 5.75 Å². The van der Waals surface area contributed by atoms with Crippen LogP contribution in [-0.2, 0) is 21.2 Å². The molecule has 3 rings (SSSR count). The van der Waals surface area contributed by atoms with Crippen molar-refractivity contribution < 1.29 is 23.1 Å². The van der Waals surface area contributed by atoms with E-state index in [9.17, 15) is 13.2 Å². The minimum atomic E-state index is -3.75. The molecule has 0 bridgehead atoms. The van der Waals surface area contributed by atoms with Gasteiger partial charge in [0.25, 0.3) is 0 Å². The largest absolute Gasteiger partial charge is 0.495 e. The van der Waals surface area contributed by atoms with E-state index in [0.29, 0.717) is 18.7 Å². The molecule has 1 aromatic carbocycles. The Kier molecular flexibility index (Phi) is 5.39. The summed E-state index contributed by atoms with van der Waals surface area (Å²) < 4.78 is 33.4. The number of carboxylic acid groups (broad SMARTS) is 1. The highest BCUT2D eigenvalue weighted by Gasteiger charge is 2.40. The average molecular weight is 379 g/mol. The van der Waals surface area contributed by atoms with Crippen molar-refractivity contribution in [1.82, 2.24) is 4.31 Å². The first-order chi connectivity index (χ1) is 12.4. The highest BCUT2D eigenvalue weighted by molar-refractivity contribution is 7.89. The van der Waals surface area contributed by atoms with Crippen molar-refractivity contribution in [2.24, 2.45) is 5.41 Å². The summed E-state index contributed by atoms with van der Waals surface area (Å²) in [5.41, 5.74) is 0.468. The minimum absolute atomic E-state index is 0.0198. The second kappa shape index (κ2) is 7.40. The van der Waals surface area contributed by atoms with Crippen LogP contribution in [0.3, 0.4) is 0 Å². The van der Waals surface area contributed by atoms with Crippen LogP contribution in [0, 0.1) is 5.41 Å². The fraction of sp³-hybridized carbons (Fsp3) is 0.526. The summed E-state index contributed by atoms with van der Waals surface area (Å²) in [7, 11) is -2.32. The number of hydrogen-bond acceptors (Lipinski definition) is 4. The van der Waals surface area contributed by atoms with Crippen LogP contribution in [0.4, 0.5) is 0 Å². The zero-order valence-corrected chi connectivity index (χ0v) is 15.8. The maximum absolute atomic E-state index is 13.3. The molecule has 1 atom stereocenters. The van der Waals surface area contributed by atoms with Gasteiger partial charge in [0.15, 0.2) is 0 Å². The summed E-state index contributed by atoms with van der Waals surface area (Å²) in [5.74, 6) is -0.744. The molecule has 2 aliphatic rings. The van der Waals surface area contributed by atoms with Gasteiger partial charge in [-0.3, -0.25) is 4.79 Å². The first kappa shape index (κ1) is 18.9. The Labute approximate surface area is 154 Å². The fourth-order valence-corrected chi connectivity index (χ4v) is 5.82. The predicted molar refractivity (Wildman–Crippen MR) is 97.8 cm³/mol. The van der Waals surface area contributed by atoms with Gasteiger partial charge in [0.2, 0.25) is 10.0 Å². The van der Waals surface area contributed by atoms with Crippen LogP contribution in [0.15, 0.2) is 35.2 Å². The molecule has 1 N–H and O–H groups in total. The summed E-state index contributed by atoms with van der Waals surface area (Å²) in [6, 6.07) is 4.56. The summed E-state index contributed by atoms with van der Waals surface area (Å²) in [4.78, 5) is 11.0. The first-order valence-electron chi connectivity index (χ1n) is 8.90. The highest BCUT2D eigenvalue weighted by Crippen LogP contribution is 2.42. The van der Waals surface area contributed by atoms with Gasteiger partial charge >= 0.3 is 5.97 Å². The average Bonchev–Trinajstić information content (AvgIpc) is 2.62. The number of rotatable bonds is 5. The second-order valence-electron chi connectivity index (χ2n) is 7.21. The van der Waals surface area contributed by atoms with E-state index in [1.165, 1.54) is 19.2 Å². The molecule has 6 nitrogen and oxygen atoms in total. The first-order valence-corrected chi connectivity index (χ1v) is 10.3. The third-order valence-electron chi connectivity index (χ3n) is 5.39. The maximum atomic E-state index is 13.3. The van der Waals surface area contributed by atoms with Gasteiger partial charge in [0, 0.05) is 13.1 Å². The molecule has 0 amide bonds. The van der Waals surface area contributed by atoms with E-state index >= 15 is 0 Å². The van der Waals surface area contributed by atoms with Crippen molar-refractivity contribution >= 4 is 16.0 Å². The molecule has 1 aromatic rings. The number of benzene rings is 1. The zero-order chi connectivity index (χ0) is 18.8. The lowest BCUT2D eigenvalue weighted by Crippen LogP contribution is -2.46. The normalized spacial score (nSPS) is 23.9. The maximum Gasteiger partial charge on any atom is 0.307 e. The van der Waals surface area contributed by atoms with Gasteiger partial charge in [0.05, 0.1) is 13.5 Å². The highest BCUT2D eigenvalue weighted by atomic mass is 32.2. The molecule has 1 heterocycles. The van der Waals surface area contributed by atoms with Crippen molar-refractivity contribution in [1.29, 1.82) is 0 Å². The number of piperidine rings is 1. The summed E-state index contributed by atoms with van der Waals surface area (Å²) in [5, 5.41) is 9.00. The van der Waals surface area contributed by atoms with Crippen LogP contribution in [0.25, 0.3) is 0 Å². The zero-order valence-electron chi connectivity index (χ0n) is 15.0. The number of carbonyl (C=O) groups is 1. The lowest BCUT2D eigenvalue weighted by Gasteiger charge is -2.43. The number of sulfonamides is 1.